The summed E-state index contributed by atoms with van der Waals surface area (Å²) in [7, 11) is 1.98. The molecule has 2 aromatic rings. The van der Waals surface area contributed by atoms with Crippen LogP contribution in [0.1, 0.15) is 23.7 Å². The molecule has 4 heteroatoms. The van der Waals surface area contributed by atoms with E-state index in [-0.39, 0.29) is 5.75 Å². The molecular formula is C13H15N3O. The van der Waals surface area contributed by atoms with E-state index in [2.05, 4.69) is 10.4 Å². The zero-order valence-corrected chi connectivity index (χ0v) is 9.72. The van der Waals surface area contributed by atoms with Crippen molar-refractivity contribution in [2.75, 3.05) is 7.05 Å². The van der Waals surface area contributed by atoms with Gasteiger partial charge in [0.05, 0.1) is 17.6 Å². The minimum absolute atomic E-state index is 0.280. The number of aryl methyl sites for hydroxylation is 1. The number of fused-ring (bicyclic) bond motifs is 1. The third kappa shape index (κ3) is 1.61. The highest BCUT2D eigenvalue weighted by Crippen LogP contribution is 2.32. The molecule has 0 spiro atoms. The first-order chi connectivity index (χ1) is 8.29. The molecule has 1 atom stereocenters. The topological polar surface area (TPSA) is 50.1 Å². The second-order valence-electron chi connectivity index (χ2n) is 4.36. The number of benzene rings is 1. The first-order valence-electron chi connectivity index (χ1n) is 5.83. The number of aromatic nitrogens is 2. The Hall–Kier alpha value is -1.81. The minimum atomic E-state index is 0.280. The monoisotopic (exact) mass is 229 g/mol. The lowest BCUT2D eigenvalue weighted by molar-refractivity contribution is 0.475. The van der Waals surface area contributed by atoms with Crippen molar-refractivity contribution in [1.82, 2.24) is 15.1 Å². The zero-order valence-electron chi connectivity index (χ0n) is 9.72. The second-order valence-corrected chi connectivity index (χ2v) is 4.36. The third-order valence-electron chi connectivity index (χ3n) is 3.36. The van der Waals surface area contributed by atoms with Gasteiger partial charge in [-0.05, 0) is 49.7 Å². The van der Waals surface area contributed by atoms with Gasteiger partial charge in [0.15, 0.2) is 0 Å². The molecule has 0 amide bonds. The molecule has 88 valence electrons. The number of nitrogens with one attached hydrogen (secondary N) is 1. The van der Waals surface area contributed by atoms with E-state index in [1.807, 2.05) is 30.1 Å². The fraction of sp³-hybridized carbons (Fsp3) is 0.308. The molecule has 0 bridgehead atoms. The van der Waals surface area contributed by atoms with Gasteiger partial charge in [0.2, 0.25) is 0 Å². The van der Waals surface area contributed by atoms with Gasteiger partial charge in [-0.25, -0.2) is 4.68 Å². The Labute approximate surface area is 99.9 Å². The molecule has 1 unspecified atom stereocenters. The smallest absolute Gasteiger partial charge is 0.115 e. The van der Waals surface area contributed by atoms with Gasteiger partial charge in [-0.2, -0.15) is 5.10 Å². The maximum Gasteiger partial charge on any atom is 0.115 e. The van der Waals surface area contributed by atoms with Gasteiger partial charge in [0.1, 0.15) is 5.75 Å². The van der Waals surface area contributed by atoms with Crippen LogP contribution in [0.15, 0.2) is 30.5 Å². The summed E-state index contributed by atoms with van der Waals surface area (Å²) in [5.74, 6) is 0.280. The average molecular weight is 229 g/mol. The molecule has 3 rings (SSSR count). The maximum absolute atomic E-state index is 9.30. The minimum Gasteiger partial charge on any atom is -0.508 e. The summed E-state index contributed by atoms with van der Waals surface area (Å²) >= 11 is 0. The molecule has 1 aliphatic carbocycles. The number of aromatic hydroxyl groups is 1. The highest BCUT2D eigenvalue weighted by atomic mass is 16.3. The first-order valence-corrected chi connectivity index (χ1v) is 5.83. The van der Waals surface area contributed by atoms with Crippen LogP contribution < -0.4 is 5.32 Å². The van der Waals surface area contributed by atoms with E-state index in [4.69, 9.17) is 0 Å². The lowest BCUT2D eigenvalue weighted by Crippen LogP contribution is -2.17. The first kappa shape index (κ1) is 10.4. The quantitative estimate of drug-likeness (QED) is 0.825. The Morgan fingerprint density at radius 1 is 1.35 bits per heavy atom. The molecule has 1 aromatic heterocycles. The number of phenolic OH excluding ortho intramolecular Hbond substituents is 1. The summed E-state index contributed by atoms with van der Waals surface area (Å²) in [5.41, 5.74) is 3.56. The van der Waals surface area contributed by atoms with Crippen LogP contribution in [0.4, 0.5) is 0 Å². The molecule has 0 saturated heterocycles. The normalized spacial score (nSPS) is 18.3. The molecule has 2 N–H and O–H groups in total. The predicted octanol–water partition coefficient (Wildman–Crippen LogP) is 1.78. The van der Waals surface area contributed by atoms with Crippen molar-refractivity contribution in [2.45, 2.75) is 18.9 Å². The van der Waals surface area contributed by atoms with Crippen molar-refractivity contribution in [3.05, 3.63) is 41.7 Å². The zero-order chi connectivity index (χ0) is 11.8. The summed E-state index contributed by atoms with van der Waals surface area (Å²) < 4.78 is 1.96. The Bertz CT molecular complexity index is 530. The van der Waals surface area contributed by atoms with Crippen molar-refractivity contribution in [3.8, 4) is 11.4 Å². The fourth-order valence-corrected chi connectivity index (χ4v) is 2.47. The highest BCUT2D eigenvalue weighted by molar-refractivity contribution is 5.41. The highest BCUT2D eigenvalue weighted by Gasteiger charge is 2.26. The van der Waals surface area contributed by atoms with Crippen LogP contribution in [-0.2, 0) is 6.42 Å². The number of nitrogens with zero attached hydrogens (tertiary/aromatic N) is 2. The molecule has 0 fully saturated rings. The maximum atomic E-state index is 9.30. The van der Waals surface area contributed by atoms with E-state index < -0.39 is 0 Å². The van der Waals surface area contributed by atoms with E-state index >= 15 is 0 Å². The molecular weight excluding hydrogens is 214 g/mol. The number of hydrogen-bond acceptors (Lipinski definition) is 3. The van der Waals surface area contributed by atoms with Gasteiger partial charge >= 0.3 is 0 Å². The van der Waals surface area contributed by atoms with Crippen LogP contribution in [0, 0.1) is 0 Å². The van der Waals surface area contributed by atoms with Crippen LogP contribution in [0.3, 0.4) is 0 Å². The van der Waals surface area contributed by atoms with Gasteiger partial charge in [-0.1, -0.05) is 0 Å². The third-order valence-corrected chi connectivity index (χ3v) is 3.36. The van der Waals surface area contributed by atoms with E-state index in [0.717, 1.165) is 18.5 Å². The molecule has 1 aliphatic rings. The van der Waals surface area contributed by atoms with Crippen molar-refractivity contribution in [1.29, 1.82) is 0 Å². The Balaban J connectivity index is 2.07. The Morgan fingerprint density at radius 2 is 2.12 bits per heavy atom. The summed E-state index contributed by atoms with van der Waals surface area (Å²) in [6, 6.07) is 7.52. The fourth-order valence-electron chi connectivity index (χ4n) is 2.47. The molecule has 1 aromatic carbocycles. The van der Waals surface area contributed by atoms with Gasteiger partial charge in [0.25, 0.3) is 0 Å². The van der Waals surface area contributed by atoms with E-state index in [1.165, 1.54) is 11.3 Å². The Morgan fingerprint density at radius 3 is 2.82 bits per heavy atom. The van der Waals surface area contributed by atoms with Crippen LogP contribution >= 0.6 is 0 Å². The van der Waals surface area contributed by atoms with Crippen LogP contribution in [-0.4, -0.2) is 21.9 Å². The van der Waals surface area contributed by atoms with Gasteiger partial charge in [-0.15, -0.1) is 0 Å². The SMILES string of the molecule is CNC1CCc2cnn(-c3ccc(O)cc3)c21. The summed E-state index contributed by atoms with van der Waals surface area (Å²) in [4.78, 5) is 0. The summed E-state index contributed by atoms with van der Waals surface area (Å²) in [5, 5.41) is 17.1. The average Bonchev–Trinajstić information content (AvgIpc) is 2.91. The van der Waals surface area contributed by atoms with Gasteiger partial charge in [-0.3, -0.25) is 0 Å². The van der Waals surface area contributed by atoms with Crippen molar-refractivity contribution in [3.63, 3.8) is 0 Å². The molecule has 17 heavy (non-hydrogen) atoms. The predicted molar refractivity (Wildman–Crippen MR) is 65.4 cm³/mol. The molecule has 0 aliphatic heterocycles. The van der Waals surface area contributed by atoms with Crippen molar-refractivity contribution >= 4 is 0 Å². The van der Waals surface area contributed by atoms with Gasteiger partial charge < -0.3 is 10.4 Å². The molecule has 0 saturated carbocycles. The molecule has 1 heterocycles. The molecule has 4 nitrogen and oxygen atoms in total. The number of hydrogen-bond donors (Lipinski definition) is 2. The van der Waals surface area contributed by atoms with Gasteiger partial charge in [0, 0.05) is 6.04 Å². The van der Waals surface area contributed by atoms with Crippen LogP contribution in [0.5, 0.6) is 5.75 Å². The summed E-state index contributed by atoms with van der Waals surface area (Å²) in [6.07, 6.45) is 4.15. The standard InChI is InChI=1S/C13H15N3O/c1-14-12-7-2-9-8-15-16(13(9)12)10-3-5-11(17)6-4-10/h3-6,8,12,14,17H,2,7H2,1H3. The molecule has 0 radical (unpaired) electrons. The lowest BCUT2D eigenvalue weighted by atomic mass is 10.2. The van der Waals surface area contributed by atoms with Crippen LogP contribution in [0.25, 0.3) is 5.69 Å². The van der Waals surface area contributed by atoms with E-state index in [9.17, 15) is 5.11 Å². The number of phenols is 1. The van der Waals surface area contributed by atoms with E-state index in [0.29, 0.717) is 6.04 Å². The van der Waals surface area contributed by atoms with Crippen molar-refractivity contribution in [2.24, 2.45) is 0 Å². The van der Waals surface area contributed by atoms with E-state index in [1.54, 1.807) is 12.1 Å². The second kappa shape index (κ2) is 3.89. The lowest BCUT2D eigenvalue weighted by Gasteiger charge is -2.13. The largest absolute Gasteiger partial charge is 0.508 e. The summed E-state index contributed by atoms with van der Waals surface area (Å²) in [6.45, 7) is 0. The van der Waals surface area contributed by atoms with Crippen molar-refractivity contribution < 1.29 is 5.11 Å². The Kier molecular flexibility index (Phi) is 2.37. The number of rotatable bonds is 2. The van der Waals surface area contributed by atoms with Crippen LogP contribution in [0.2, 0.25) is 0 Å².